The van der Waals surface area contributed by atoms with Gasteiger partial charge in [-0.15, -0.1) is 11.5 Å². The summed E-state index contributed by atoms with van der Waals surface area (Å²) in [6.45, 7) is 2.95. The van der Waals surface area contributed by atoms with Crippen molar-refractivity contribution in [1.82, 2.24) is 20.2 Å². The van der Waals surface area contributed by atoms with Gasteiger partial charge in [0.05, 0.1) is 6.61 Å². The smallest absolute Gasteiger partial charge is 0.182 e. The summed E-state index contributed by atoms with van der Waals surface area (Å²) in [6, 6.07) is 7.58. The zero-order valence-corrected chi connectivity index (χ0v) is 9.50. The summed E-state index contributed by atoms with van der Waals surface area (Å²) in [5, 5.41) is 11.4. The second-order valence-corrected chi connectivity index (χ2v) is 3.32. The van der Waals surface area contributed by atoms with E-state index in [0.717, 1.165) is 11.3 Å². The van der Waals surface area contributed by atoms with E-state index < -0.39 is 0 Å². The summed E-state index contributed by atoms with van der Waals surface area (Å²) in [7, 11) is 0. The Morgan fingerprint density at radius 3 is 2.76 bits per heavy atom. The number of hydrogen-bond donors (Lipinski definition) is 0. The first-order valence-electron chi connectivity index (χ1n) is 5.28. The Morgan fingerprint density at radius 1 is 1.35 bits per heavy atom. The van der Waals surface area contributed by atoms with E-state index in [2.05, 4.69) is 21.4 Å². The molecule has 0 fully saturated rings. The van der Waals surface area contributed by atoms with Crippen molar-refractivity contribution in [3.63, 3.8) is 0 Å². The van der Waals surface area contributed by atoms with Crippen molar-refractivity contribution in [2.45, 2.75) is 13.5 Å². The van der Waals surface area contributed by atoms with Gasteiger partial charge in [0.2, 0.25) is 0 Å². The number of benzene rings is 1. The van der Waals surface area contributed by atoms with Crippen LogP contribution in [0.25, 0.3) is 11.4 Å². The van der Waals surface area contributed by atoms with Crippen molar-refractivity contribution in [2.75, 3.05) is 6.61 Å². The van der Waals surface area contributed by atoms with Crippen LogP contribution < -0.4 is 4.74 Å². The zero-order chi connectivity index (χ0) is 12.1. The number of hydrogen-bond acceptors (Lipinski definition) is 4. The van der Waals surface area contributed by atoms with Gasteiger partial charge in [-0.3, -0.25) is 0 Å². The van der Waals surface area contributed by atoms with Crippen molar-refractivity contribution >= 4 is 0 Å². The van der Waals surface area contributed by atoms with Gasteiger partial charge in [-0.25, -0.2) is 4.68 Å². The first-order valence-corrected chi connectivity index (χ1v) is 5.28. The normalized spacial score (nSPS) is 9.88. The summed E-state index contributed by atoms with van der Waals surface area (Å²) in [5.41, 5.74) is 0.911. The lowest BCUT2D eigenvalue weighted by Crippen LogP contribution is -2.01. The largest absolute Gasteiger partial charge is 0.494 e. The number of aromatic nitrogens is 4. The van der Waals surface area contributed by atoms with E-state index >= 15 is 0 Å². The lowest BCUT2D eigenvalue weighted by molar-refractivity contribution is 0.340. The van der Waals surface area contributed by atoms with E-state index in [0.29, 0.717) is 19.0 Å². The predicted octanol–water partition coefficient (Wildman–Crippen LogP) is 1.37. The average Bonchev–Trinajstić information content (AvgIpc) is 2.79. The molecule has 86 valence electrons. The van der Waals surface area contributed by atoms with E-state index in [1.54, 1.807) is 4.68 Å². The Hall–Kier alpha value is -2.35. The fourth-order valence-corrected chi connectivity index (χ4v) is 1.47. The maximum atomic E-state index is 5.37. The van der Waals surface area contributed by atoms with Crippen LogP contribution in [0.4, 0.5) is 0 Å². The van der Waals surface area contributed by atoms with Crippen LogP contribution >= 0.6 is 0 Å². The maximum Gasteiger partial charge on any atom is 0.182 e. The van der Waals surface area contributed by atoms with E-state index in [1.807, 2.05) is 31.2 Å². The van der Waals surface area contributed by atoms with Crippen molar-refractivity contribution in [2.24, 2.45) is 0 Å². The monoisotopic (exact) mass is 228 g/mol. The van der Waals surface area contributed by atoms with Gasteiger partial charge in [0, 0.05) is 5.56 Å². The molecule has 0 radical (unpaired) electrons. The van der Waals surface area contributed by atoms with Crippen LogP contribution in [-0.2, 0) is 6.54 Å². The second kappa shape index (κ2) is 5.12. The van der Waals surface area contributed by atoms with Crippen molar-refractivity contribution in [3.05, 3.63) is 24.3 Å². The Kier molecular flexibility index (Phi) is 3.36. The molecule has 2 rings (SSSR count). The molecule has 0 aliphatic carbocycles. The zero-order valence-electron chi connectivity index (χ0n) is 9.50. The Labute approximate surface area is 99.4 Å². The van der Waals surface area contributed by atoms with Crippen LogP contribution in [-0.4, -0.2) is 26.8 Å². The maximum absolute atomic E-state index is 5.37. The molecule has 0 bridgehead atoms. The number of rotatable bonds is 4. The molecule has 0 N–H and O–H groups in total. The number of terminal acetylenes is 1. The van der Waals surface area contributed by atoms with Gasteiger partial charge in [0.15, 0.2) is 5.82 Å². The molecule has 17 heavy (non-hydrogen) atoms. The molecular formula is C12H12N4O. The van der Waals surface area contributed by atoms with Gasteiger partial charge in [-0.1, -0.05) is 5.92 Å². The first kappa shape index (κ1) is 11.1. The van der Waals surface area contributed by atoms with Crippen molar-refractivity contribution < 1.29 is 4.74 Å². The van der Waals surface area contributed by atoms with Crippen LogP contribution in [0.15, 0.2) is 24.3 Å². The van der Waals surface area contributed by atoms with Crippen molar-refractivity contribution in [3.8, 4) is 29.5 Å². The molecule has 0 spiro atoms. The minimum atomic E-state index is 0.357. The molecule has 0 saturated carbocycles. The molecular weight excluding hydrogens is 216 g/mol. The van der Waals surface area contributed by atoms with E-state index in [-0.39, 0.29) is 0 Å². The quantitative estimate of drug-likeness (QED) is 0.742. The van der Waals surface area contributed by atoms with Crippen LogP contribution in [0, 0.1) is 12.3 Å². The highest BCUT2D eigenvalue weighted by atomic mass is 16.5. The third kappa shape index (κ3) is 2.42. The Bertz CT molecular complexity index is 524. The van der Waals surface area contributed by atoms with Gasteiger partial charge in [0.25, 0.3) is 0 Å². The first-order chi connectivity index (χ1) is 8.35. The van der Waals surface area contributed by atoms with Gasteiger partial charge in [-0.2, -0.15) is 0 Å². The van der Waals surface area contributed by atoms with E-state index in [1.165, 1.54) is 0 Å². The van der Waals surface area contributed by atoms with Gasteiger partial charge >= 0.3 is 0 Å². The van der Waals surface area contributed by atoms with Crippen LogP contribution in [0.2, 0.25) is 0 Å². The second-order valence-electron chi connectivity index (χ2n) is 3.32. The highest BCUT2D eigenvalue weighted by molar-refractivity contribution is 5.55. The van der Waals surface area contributed by atoms with Crippen LogP contribution in [0.5, 0.6) is 5.75 Å². The molecule has 1 heterocycles. The highest BCUT2D eigenvalue weighted by Gasteiger charge is 2.07. The fraction of sp³-hybridized carbons (Fsp3) is 0.250. The van der Waals surface area contributed by atoms with Crippen LogP contribution in [0.1, 0.15) is 6.92 Å². The lowest BCUT2D eigenvalue weighted by Gasteiger charge is -2.04. The Balaban J connectivity index is 2.27. The standard InChI is InChI=1S/C12H12N4O/c1-3-9-16-12(13-14-15-16)10-5-7-11(8-6-10)17-4-2/h1,5-8H,4,9H2,2H3. The summed E-state index contributed by atoms with van der Waals surface area (Å²) in [5.74, 6) is 3.99. The highest BCUT2D eigenvalue weighted by Crippen LogP contribution is 2.19. The third-order valence-electron chi connectivity index (χ3n) is 2.20. The summed E-state index contributed by atoms with van der Waals surface area (Å²) >= 11 is 0. The SMILES string of the molecule is C#CCn1nnnc1-c1ccc(OCC)cc1. The topological polar surface area (TPSA) is 52.8 Å². The fourth-order valence-electron chi connectivity index (χ4n) is 1.47. The molecule has 0 unspecified atom stereocenters. The molecule has 5 heteroatoms. The summed E-state index contributed by atoms with van der Waals surface area (Å²) in [6.07, 6.45) is 5.24. The molecule has 5 nitrogen and oxygen atoms in total. The van der Waals surface area contributed by atoms with Gasteiger partial charge < -0.3 is 4.74 Å². The molecule has 0 saturated heterocycles. The Morgan fingerprint density at radius 2 is 2.12 bits per heavy atom. The molecule has 2 aromatic rings. The molecule has 0 aliphatic heterocycles. The average molecular weight is 228 g/mol. The molecule has 0 atom stereocenters. The predicted molar refractivity (Wildman–Crippen MR) is 63.3 cm³/mol. The lowest BCUT2D eigenvalue weighted by atomic mass is 10.2. The molecule has 1 aromatic carbocycles. The van der Waals surface area contributed by atoms with Gasteiger partial charge in [0.1, 0.15) is 12.3 Å². The minimum Gasteiger partial charge on any atom is -0.494 e. The van der Waals surface area contributed by atoms with E-state index in [4.69, 9.17) is 11.2 Å². The number of ether oxygens (including phenoxy) is 1. The number of nitrogens with zero attached hydrogens (tertiary/aromatic N) is 4. The molecule has 0 aliphatic rings. The summed E-state index contributed by atoms with van der Waals surface area (Å²) < 4.78 is 6.94. The molecule has 1 aromatic heterocycles. The number of tetrazole rings is 1. The summed E-state index contributed by atoms with van der Waals surface area (Å²) in [4.78, 5) is 0. The minimum absolute atomic E-state index is 0.357. The van der Waals surface area contributed by atoms with E-state index in [9.17, 15) is 0 Å². The third-order valence-corrected chi connectivity index (χ3v) is 2.20. The molecule has 0 amide bonds. The van der Waals surface area contributed by atoms with Crippen molar-refractivity contribution in [1.29, 1.82) is 0 Å². The van der Waals surface area contributed by atoms with Crippen LogP contribution in [0.3, 0.4) is 0 Å². The van der Waals surface area contributed by atoms with Gasteiger partial charge in [-0.05, 0) is 41.6 Å².